The topological polar surface area (TPSA) is 61.0 Å². The number of nitrogens with one attached hydrogen (secondary N) is 2. The Morgan fingerprint density at radius 1 is 1.41 bits per heavy atom. The summed E-state index contributed by atoms with van der Waals surface area (Å²) in [6.45, 7) is 3.91. The molecule has 0 fully saturated rings. The van der Waals surface area contributed by atoms with Crippen molar-refractivity contribution >= 4 is 5.82 Å². The van der Waals surface area contributed by atoms with Crippen LogP contribution >= 0.6 is 0 Å². The molecule has 5 nitrogen and oxygen atoms in total. The van der Waals surface area contributed by atoms with Crippen molar-refractivity contribution in [1.82, 2.24) is 14.9 Å². The molecule has 0 unspecified atom stereocenters. The summed E-state index contributed by atoms with van der Waals surface area (Å²) in [5.41, 5.74) is -0.0901. The zero-order valence-electron chi connectivity index (χ0n) is 10.9. The highest BCUT2D eigenvalue weighted by molar-refractivity contribution is 5.32. The average molecular weight is 238 g/mol. The molecule has 0 bridgehead atoms. The van der Waals surface area contributed by atoms with Crippen molar-refractivity contribution in [2.75, 3.05) is 32.5 Å². The van der Waals surface area contributed by atoms with Gasteiger partial charge in [0.05, 0.1) is 0 Å². The fraction of sp³-hybridized carbons (Fsp3) is 0.667. The smallest absolute Gasteiger partial charge is 0.252 e. The first kappa shape index (κ1) is 13.7. The highest BCUT2D eigenvalue weighted by Crippen LogP contribution is 2.00. The Kier molecular flexibility index (Phi) is 5.69. The van der Waals surface area contributed by atoms with E-state index in [0.717, 1.165) is 38.2 Å². The molecule has 1 aromatic rings. The molecule has 1 heterocycles. The molecule has 0 aromatic carbocycles. The normalized spacial score (nSPS) is 10.8. The highest BCUT2D eigenvalue weighted by Gasteiger charge is 1.99. The Morgan fingerprint density at radius 2 is 2.18 bits per heavy atom. The lowest BCUT2D eigenvalue weighted by Gasteiger charge is -2.09. The van der Waals surface area contributed by atoms with Gasteiger partial charge in [-0.05, 0) is 33.5 Å². The molecule has 0 atom stereocenters. The molecule has 0 radical (unpaired) electrons. The summed E-state index contributed by atoms with van der Waals surface area (Å²) in [4.78, 5) is 20.5. The Labute approximate surface area is 102 Å². The third-order valence-electron chi connectivity index (χ3n) is 2.46. The van der Waals surface area contributed by atoms with E-state index in [1.54, 1.807) is 0 Å². The second-order valence-corrected chi connectivity index (χ2v) is 4.37. The van der Waals surface area contributed by atoms with E-state index in [9.17, 15) is 4.79 Å². The first-order chi connectivity index (χ1) is 8.11. The number of rotatable bonds is 7. The third kappa shape index (κ3) is 5.49. The monoisotopic (exact) mass is 238 g/mol. The number of H-pyrrole nitrogens is 1. The van der Waals surface area contributed by atoms with E-state index in [2.05, 4.69) is 34.3 Å². The predicted molar refractivity (Wildman–Crippen MR) is 70.5 cm³/mol. The second kappa shape index (κ2) is 7.06. The van der Waals surface area contributed by atoms with Gasteiger partial charge in [-0.3, -0.25) is 4.79 Å². The highest BCUT2D eigenvalue weighted by atomic mass is 16.1. The number of aromatic nitrogens is 2. The lowest BCUT2D eigenvalue weighted by molar-refractivity contribution is 0.396. The molecule has 0 aliphatic carbocycles. The molecule has 2 N–H and O–H groups in total. The predicted octanol–water partition coefficient (Wildman–Crippen LogP) is 1.09. The van der Waals surface area contributed by atoms with Crippen molar-refractivity contribution in [2.24, 2.45) is 0 Å². The Balaban J connectivity index is 2.36. The van der Waals surface area contributed by atoms with E-state index in [4.69, 9.17) is 0 Å². The van der Waals surface area contributed by atoms with Gasteiger partial charge in [-0.1, -0.05) is 6.92 Å². The van der Waals surface area contributed by atoms with Gasteiger partial charge < -0.3 is 15.2 Å². The van der Waals surface area contributed by atoms with E-state index in [0.29, 0.717) is 5.82 Å². The molecule has 0 saturated carbocycles. The van der Waals surface area contributed by atoms with Crippen LogP contribution in [0.25, 0.3) is 0 Å². The summed E-state index contributed by atoms with van der Waals surface area (Å²) in [6.07, 6.45) is 2.96. The van der Waals surface area contributed by atoms with Crippen LogP contribution in [0.2, 0.25) is 0 Å². The standard InChI is InChI=1S/C12H22N4O/c1-4-10-14-11(9-12(17)15-10)13-7-5-6-8-16(2)3/h9H,4-8H2,1-3H3,(H2,13,14,15,17). The lowest BCUT2D eigenvalue weighted by atomic mass is 10.3. The number of aromatic amines is 1. The van der Waals surface area contributed by atoms with Gasteiger partial charge in [0, 0.05) is 19.0 Å². The van der Waals surface area contributed by atoms with E-state index in [1.165, 1.54) is 6.07 Å². The van der Waals surface area contributed by atoms with Crippen LogP contribution in [-0.2, 0) is 6.42 Å². The molecule has 0 aliphatic heterocycles. The van der Waals surface area contributed by atoms with Crippen molar-refractivity contribution in [2.45, 2.75) is 26.2 Å². The van der Waals surface area contributed by atoms with Crippen molar-refractivity contribution < 1.29 is 0 Å². The molecule has 0 aliphatic rings. The maximum Gasteiger partial charge on any atom is 0.252 e. The quantitative estimate of drug-likeness (QED) is 0.698. The van der Waals surface area contributed by atoms with Crippen molar-refractivity contribution in [1.29, 1.82) is 0 Å². The van der Waals surface area contributed by atoms with Crippen LogP contribution in [0.15, 0.2) is 10.9 Å². The average Bonchev–Trinajstić information content (AvgIpc) is 2.27. The SMILES string of the molecule is CCc1nc(NCCCCN(C)C)cc(=O)[nH]1. The lowest BCUT2D eigenvalue weighted by Crippen LogP contribution is -2.16. The molecule has 1 aromatic heterocycles. The summed E-state index contributed by atoms with van der Waals surface area (Å²) in [5, 5.41) is 3.18. The van der Waals surface area contributed by atoms with E-state index >= 15 is 0 Å². The number of unbranched alkanes of at least 4 members (excludes halogenated alkanes) is 1. The molecule has 17 heavy (non-hydrogen) atoms. The van der Waals surface area contributed by atoms with Gasteiger partial charge in [-0.2, -0.15) is 0 Å². The molecule has 1 rings (SSSR count). The van der Waals surface area contributed by atoms with Gasteiger partial charge in [0.1, 0.15) is 11.6 Å². The second-order valence-electron chi connectivity index (χ2n) is 4.37. The van der Waals surface area contributed by atoms with Crippen LogP contribution in [-0.4, -0.2) is 42.1 Å². The van der Waals surface area contributed by atoms with E-state index in [-0.39, 0.29) is 5.56 Å². The van der Waals surface area contributed by atoms with Crippen LogP contribution in [0.3, 0.4) is 0 Å². The van der Waals surface area contributed by atoms with Crippen LogP contribution < -0.4 is 10.9 Å². The first-order valence-corrected chi connectivity index (χ1v) is 6.10. The minimum atomic E-state index is -0.0901. The Morgan fingerprint density at radius 3 is 2.82 bits per heavy atom. The van der Waals surface area contributed by atoms with Gasteiger partial charge in [0.25, 0.3) is 5.56 Å². The molecule has 0 spiro atoms. The van der Waals surface area contributed by atoms with Gasteiger partial charge in [0.2, 0.25) is 0 Å². The minimum Gasteiger partial charge on any atom is -0.370 e. The third-order valence-corrected chi connectivity index (χ3v) is 2.46. The molecular weight excluding hydrogens is 216 g/mol. The van der Waals surface area contributed by atoms with Crippen LogP contribution in [0, 0.1) is 0 Å². The fourth-order valence-corrected chi connectivity index (χ4v) is 1.54. The molecule has 0 saturated heterocycles. The number of hydrogen-bond donors (Lipinski definition) is 2. The van der Waals surface area contributed by atoms with Gasteiger partial charge in [0.15, 0.2) is 0 Å². The summed E-state index contributed by atoms with van der Waals surface area (Å²) >= 11 is 0. The van der Waals surface area contributed by atoms with Gasteiger partial charge >= 0.3 is 0 Å². The van der Waals surface area contributed by atoms with Crippen LogP contribution in [0.5, 0.6) is 0 Å². The van der Waals surface area contributed by atoms with Gasteiger partial charge in [-0.25, -0.2) is 4.98 Å². The van der Waals surface area contributed by atoms with Crippen LogP contribution in [0.1, 0.15) is 25.6 Å². The van der Waals surface area contributed by atoms with E-state index < -0.39 is 0 Å². The number of anilines is 1. The summed E-state index contributed by atoms with van der Waals surface area (Å²) in [5.74, 6) is 1.41. The van der Waals surface area contributed by atoms with Gasteiger partial charge in [-0.15, -0.1) is 0 Å². The molecule has 96 valence electrons. The van der Waals surface area contributed by atoms with E-state index in [1.807, 2.05) is 6.92 Å². The number of nitrogens with zero attached hydrogens (tertiary/aromatic N) is 2. The fourth-order valence-electron chi connectivity index (χ4n) is 1.54. The summed E-state index contributed by atoms with van der Waals surface area (Å²) in [7, 11) is 4.14. The summed E-state index contributed by atoms with van der Waals surface area (Å²) in [6, 6.07) is 1.51. The number of hydrogen-bond acceptors (Lipinski definition) is 4. The molecule has 0 amide bonds. The van der Waals surface area contributed by atoms with Crippen molar-refractivity contribution in [3.8, 4) is 0 Å². The van der Waals surface area contributed by atoms with Crippen LogP contribution in [0.4, 0.5) is 5.82 Å². The molecule has 5 heteroatoms. The van der Waals surface area contributed by atoms with Crippen molar-refractivity contribution in [3.05, 3.63) is 22.2 Å². The Bertz CT molecular complexity index is 386. The largest absolute Gasteiger partial charge is 0.370 e. The molecular formula is C12H22N4O. The zero-order chi connectivity index (χ0) is 12.7. The number of aryl methyl sites for hydroxylation is 1. The maximum absolute atomic E-state index is 11.3. The maximum atomic E-state index is 11.3. The van der Waals surface area contributed by atoms with Crippen molar-refractivity contribution in [3.63, 3.8) is 0 Å². The zero-order valence-corrected chi connectivity index (χ0v) is 10.9. The first-order valence-electron chi connectivity index (χ1n) is 6.10. The minimum absolute atomic E-state index is 0.0901. The summed E-state index contributed by atoms with van der Waals surface area (Å²) < 4.78 is 0. The Hall–Kier alpha value is -1.36.